The van der Waals surface area contributed by atoms with Gasteiger partial charge < -0.3 is 4.74 Å². The van der Waals surface area contributed by atoms with Gasteiger partial charge in [0.05, 0.1) is 0 Å². The number of unbranched alkanes of at least 4 members (excludes halogenated alkanes) is 13. The Morgan fingerprint density at radius 2 is 1.00 bits per heavy atom. The standard InChI is InChI=1S/C21H44O/c1-4-6-7-8-9-10-11-12-13-14-15-16-17-18-19-22-20-21(3)5-2/h21H,4-20H2,1-3H3/t21-/m0/s1. The molecule has 1 heteroatoms. The van der Waals surface area contributed by atoms with Crippen molar-refractivity contribution in [2.45, 2.75) is 117 Å². The van der Waals surface area contributed by atoms with E-state index in [1.165, 1.54) is 96.3 Å². The van der Waals surface area contributed by atoms with Gasteiger partial charge in [-0.3, -0.25) is 0 Å². The minimum atomic E-state index is 0.728. The van der Waals surface area contributed by atoms with Crippen molar-refractivity contribution in [1.29, 1.82) is 0 Å². The number of ether oxygens (including phenoxy) is 1. The molecule has 134 valence electrons. The van der Waals surface area contributed by atoms with Gasteiger partial charge in [0.25, 0.3) is 0 Å². The molecule has 0 bridgehead atoms. The van der Waals surface area contributed by atoms with Crippen LogP contribution in [0.3, 0.4) is 0 Å². The zero-order valence-electron chi connectivity index (χ0n) is 16.0. The molecule has 0 aliphatic carbocycles. The van der Waals surface area contributed by atoms with Gasteiger partial charge in [-0.25, -0.2) is 0 Å². The molecule has 0 rings (SSSR count). The van der Waals surface area contributed by atoms with E-state index in [9.17, 15) is 0 Å². The van der Waals surface area contributed by atoms with Gasteiger partial charge in [0.2, 0.25) is 0 Å². The monoisotopic (exact) mass is 312 g/mol. The van der Waals surface area contributed by atoms with Crippen molar-refractivity contribution in [3.05, 3.63) is 0 Å². The third kappa shape index (κ3) is 18.0. The van der Waals surface area contributed by atoms with E-state index >= 15 is 0 Å². The van der Waals surface area contributed by atoms with E-state index in [2.05, 4.69) is 20.8 Å². The molecule has 0 aliphatic rings. The number of rotatable bonds is 18. The molecule has 1 atom stereocenters. The maximum absolute atomic E-state index is 5.69. The molecule has 0 saturated carbocycles. The largest absolute Gasteiger partial charge is 0.381 e. The minimum absolute atomic E-state index is 0.728. The fraction of sp³-hybridized carbons (Fsp3) is 1.00. The number of hydrogen-bond acceptors (Lipinski definition) is 1. The average Bonchev–Trinajstić information content (AvgIpc) is 2.54. The van der Waals surface area contributed by atoms with E-state index in [-0.39, 0.29) is 0 Å². The van der Waals surface area contributed by atoms with E-state index in [4.69, 9.17) is 4.74 Å². The highest BCUT2D eigenvalue weighted by Gasteiger charge is 1.98. The third-order valence-corrected chi connectivity index (χ3v) is 4.74. The lowest BCUT2D eigenvalue weighted by Crippen LogP contribution is -2.05. The van der Waals surface area contributed by atoms with Crippen LogP contribution >= 0.6 is 0 Å². The summed E-state index contributed by atoms with van der Waals surface area (Å²) in [5.41, 5.74) is 0. The molecule has 0 aliphatic heterocycles. The van der Waals surface area contributed by atoms with Gasteiger partial charge in [0, 0.05) is 13.2 Å². The summed E-state index contributed by atoms with van der Waals surface area (Å²) in [6.45, 7) is 8.73. The molecule has 0 spiro atoms. The third-order valence-electron chi connectivity index (χ3n) is 4.74. The predicted molar refractivity (Wildman–Crippen MR) is 101 cm³/mol. The fourth-order valence-corrected chi connectivity index (χ4v) is 2.80. The van der Waals surface area contributed by atoms with Crippen molar-refractivity contribution in [2.75, 3.05) is 13.2 Å². The summed E-state index contributed by atoms with van der Waals surface area (Å²) >= 11 is 0. The van der Waals surface area contributed by atoms with E-state index in [1.54, 1.807) is 0 Å². The predicted octanol–water partition coefficient (Wildman–Crippen LogP) is 7.53. The normalized spacial score (nSPS) is 12.7. The maximum atomic E-state index is 5.69. The molecule has 0 aromatic rings. The van der Waals surface area contributed by atoms with Gasteiger partial charge in [-0.1, -0.05) is 111 Å². The van der Waals surface area contributed by atoms with Crippen LogP contribution in [0.25, 0.3) is 0 Å². The van der Waals surface area contributed by atoms with Crippen LogP contribution in [0.5, 0.6) is 0 Å². The van der Waals surface area contributed by atoms with E-state index in [0.717, 1.165) is 19.1 Å². The van der Waals surface area contributed by atoms with Crippen molar-refractivity contribution in [3.8, 4) is 0 Å². The van der Waals surface area contributed by atoms with Crippen LogP contribution < -0.4 is 0 Å². The SMILES string of the molecule is CCCCCCCCCCCCCCCCOC[C@@H](C)CC. The topological polar surface area (TPSA) is 9.23 Å². The Morgan fingerprint density at radius 3 is 1.41 bits per heavy atom. The zero-order chi connectivity index (χ0) is 16.3. The van der Waals surface area contributed by atoms with Gasteiger partial charge in [0.15, 0.2) is 0 Å². The first kappa shape index (κ1) is 22.0. The van der Waals surface area contributed by atoms with Crippen molar-refractivity contribution < 1.29 is 4.74 Å². The minimum Gasteiger partial charge on any atom is -0.381 e. The van der Waals surface area contributed by atoms with Crippen molar-refractivity contribution in [1.82, 2.24) is 0 Å². The summed E-state index contributed by atoms with van der Waals surface area (Å²) in [7, 11) is 0. The van der Waals surface area contributed by atoms with Gasteiger partial charge in [-0.2, -0.15) is 0 Å². The van der Waals surface area contributed by atoms with E-state index in [1.807, 2.05) is 0 Å². The Hall–Kier alpha value is -0.0400. The van der Waals surface area contributed by atoms with Gasteiger partial charge >= 0.3 is 0 Å². The van der Waals surface area contributed by atoms with Crippen LogP contribution in [0.1, 0.15) is 117 Å². The highest BCUT2D eigenvalue weighted by molar-refractivity contribution is 4.50. The highest BCUT2D eigenvalue weighted by Crippen LogP contribution is 2.13. The Kier molecular flexibility index (Phi) is 19.0. The Balaban J connectivity index is 2.97. The molecule has 0 aromatic heterocycles. The summed E-state index contributed by atoms with van der Waals surface area (Å²) in [5, 5.41) is 0. The summed E-state index contributed by atoms with van der Waals surface area (Å²) in [6, 6.07) is 0. The van der Waals surface area contributed by atoms with Crippen LogP contribution in [-0.2, 0) is 4.74 Å². The lowest BCUT2D eigenvalue weighted by molar-refractivity contribution is 0.100. The molecular formula is C21H44O. The van der Waals surface area contributed by atoms with Crippen LogP contribution in [0, 0.1) is 5.92 Å². The molecule has 0 aromatic carbocycles. The average molecular weight is 313 g/mol. The van der Waals surface area contributed by atoms with Gasteiger partial charge in [-0.15, -0.1) is 0 Å². The lowest BCUT2D eigenvalue weighted by Gasteiger charge is -2.09. The Labute approximate surface area is 141 Å². The van der Waals surface area contributed by atoms with Gasteiger partial charge in [-0.05, 0) is 12.3 Å². The second-order valence-electron chi connectivity index (χ2n) is 7.18. The second-order valence-corrected chi connectivity index (χ2v) is 7.18. The molecule has 22 heavy (non-hydrogen) atoms. The molecule has 0 heterocycles. The molecular weight excluding hydrogens is 268 g/mol. The first-order valence-corrected chi connectivity index (χ1v) is 10.4. The summed E-state index contributed by atoms with van der Waals surface area (Å²) in [6.07, 6.45) is 21.2. The van der Waals surface area contributed by atoms with Crippen molar-refractivity contribution >= 4 is 0 Å². The molecule has 0 unspecified atom stereocenters. The molecule has 0 N–H and O–H groups in total. The smallest absolute Gasteiger partial charge is 0.0491 e. The lowest BCUT2D eigenvalue weighted by atomic mass is 10.0. The van der Waals surface area contributed by atoms with Crippen LogP contribution in [-0.4, -0.2) is 13.2 Å². The molecule has 0 amide bonds. The molecule has 0 saturated heterocycles. The van der Waals surface area contributed by atoms with E-state index in [0.29, 0.717) is 0 Å². The first-order valence-electron chi connectivity index (χ1n) is 10.4. The zero-order valence-corrected chi connectivity index (χ0v) is 16.0. The maximum Gasteiger partial charge on any atom is 0.0491 e. The van der Waals surface area contributed by atoms with E-state index < -0.39 is 0 Å². The quantitative estimate of drug-likeness (QED) is 0.238. The molecule has 0 fully saturated rings. The molecule has 0 radical (unpaired) electrons. The summed E-state index contributed by atoms with van der Waals surface area (Å²) in [4.78, 5) is 0. The molecule has 1 nitrogen and oxygen atoms in total. The van der Waals surface area contributed by atoms with Crippen LogP contribution in [0.15, 0.2) is 0 Å². The Bertz CT molecular complexity index is 190. The van der Waals surface area contributed by atoms with Gasteiger partial charge in [0.1, 0.15) is 0 Å². The van der Waals surface area contributed by atoms with Crippen LogP contribution in [0.2, 0.25) is 0 Å². The first-order chi connectivity index (χ1) is 10.8. The second kappa shape index (κ2) is 19.0. The Morgan fingerprint density at radius 1 is 0.591 bits per heavy atom. The fourth-order valence-electron chi connectivity index (χ4n) is 2.80. The van der Waals surface area contributed by atoms with Crippen LogP contribution in [0.4, 0.5) is 0 Å². The van der Waals surface area contributed by atoms with Crippen molar-refractivity contribution in [3.63, 3.8) is 0 Å². The number of hydrogen-bond donors (Lipinski definition) is 0. The summed E-state index contributed by atoms with van der Waals surface area (Å²) < 4.78 is 5.69. The highest BCUT2D eigenvalue weighted by atomic mass is 16.5. The van der Waals surface area contributed by atoms with Crippen molar-refractivity contribution in [2.24, 2.45) is 5.92 Å². The summed E-state index contributed by atoms with van der Waals surface area (Å²) in [5.74, 6) is 0.728.